The van der Waals surface area contributed by atoms with Gasteiger partial charge in [-0.25, -0.2) is 4.79 Å². The number of esters is 1. The third-order valence-electron chi connectivity index (χ3n) is 4.47. The van der Waals surface area contributed by atoms with Crippen LogP contribution in [-0.2, 0) is 9.53 Å². The second-order valence-corrected chi connectivity index (χ2v) is 12.6. The summed E-state index contributed by atoms with van der Waals surface area (Å²) in [5.41, 5.74) is 0.417. The summed E-state index contributed by atoms with van der Waals surface area (Å²) in [5, 5.41) is 0.304. The van der Waals surface area contributed by atoms with Crippen molar-refractivity contribution in [2.24, 2.45) is 5.92 Å². The lowest BCUT2D eigenvalue weighted by Gasteiger charge is -2.46. The van der Waals surface area contributed by atoms with Crippen LogP contribution in [-0.4, -0.2) is 20.1 Å². The molecule has 98 valence electrons. The Labute approximate surface area is 106 Å². The van der Waals surface area contributed by atoms with Crippen LogP contribution in [0.25, 0.3) is 0 Å². The van der Waals surface area contributed by atoms with Crippen LogP contribution < -0.4 is 0 Å². The number of cyclic esters (lactones) is 1. The number of carbonyl (C=O) groups is 1. The lowest BCUT2D eigenvalue weighted by atomic mass is 10.0. The van der Waals surface area contributed by atoms with E-state index in [-0.39, 0.29) is 12.1 Å². The topological polar surface area (TPSA) is 26.3 Å². The van der Waals surface area contributed by atoms with E-state index in [1.807, 2.05) is 0 Å². The fourth-order valence-corrected chi connectivity index (χ4v) is 5.09. The molecule has 1 aliphatic heterocycles. The molecule has 17 heavy (non-hydrogen) atoms. The van der Waals surface area contributed by atoms with Crippen molar-refractivity contribution in [1.82, 2.24) is 0 Å². The molecular formula is C14H26O2Si. The van der Waals surface area contributed by atoms with Crippen LogP contribution in [0.2, 0.25) is 23.7 Å². The van der Waals surface area contributed by atoms with Crippen LogP contribution in [0.4, 0.5) is 0 Å². The highest BCUT2D eigenvalue weighted by atomic mass is 28.3. The second kappa shape index (κ2) is 4.60. The van der Waals surface area contributed by atoms with Crippen molar-refractivity contribution in [2.75, 3.05) is 0 Å². The summed E-state index contributed by atoms with van der Waals surface area (Å²) < 4.78 is 5.55. The van der Waals surface area contributed by atoms with E-state index in [2.05, 4.69) is 53.8 Å². The summed E-state index contributed by atoms with van der Waals surface area (Å²) >= 11 is 0. The van der Waals surface area contributed by atoms with Gasteiger partial charge in [0.05, 0.1) is 8.07 Å². The fourth-order valence-electron chi connectivity index (χ4n) is 2.24. The van der Waals surface area contributed by atoms with Crippen LogP contribution in [0.5, 0.6) is 0 Å². The number of hydrogen-bond acceptors (Lipinski definition) is 2. The first kappa shape index (κ1) is 14.5. The summed E-state index contributed by atoms with van der Waals surface area (Å²) in [6.07, 6.45) is 3.77. The van der Waals surface area contributed by atoms with E-state index in [9.17, 15) is 4.79 Å². The lowest BCUT2D eigenvalue weighted by Crippen LogP contribution is -2.49. The SMILES string of the molecule is CC(C)[C@H]1OC(=O)C=C[C@@H]1[Si](C)(C)C(C)(C)C. The third kappa shape index (κ3) is 2.82. The molecule has 0 fully saturated rings. The van der Waals surface area contributed by atoms with Crippen LogP contribution in [0.3, 0.4) is 0 Å². The van der Waals surface area contributed by atoms with Gasteiger partial charge in [0.15, 0.2) is 0 Å². The first-order valence-corrected chi connectivity index (χ1v) is 9.54. The minimum Gasteiger partial charge on any atom is -0.459 e. The minimum absolute atomic E-state index is 0.0494. The fraction of sp³-hybridized carbons (Fsp3) is 0.786. The molecule has 0 aliphatic carbocycles. The Bertz CT molecular complexity index is 324. The maximum absolute atomic E-state index is 11.4. The molecule has 0 spiro atoms. The Morgan fingerprint density at radius 3 is 2.24 bits per heavy atom. The average molecular weight is 254 g/mol. The Morgan fingerprint density at radius 2 is 1.82 bits per heavy atom. The molecule has 1 heterocycles. The van der Waals surface area contributed by atoms with Crippen LogP contribution in [0, 0.1) is 5.92 Å². The van der Waals surface area contributed by atoms with Crippen molar-refractivity contribution >= 4 is 14.0 Å². The van der Waals surface area contributed by atoms with Gasteiger partial charge in [-0.1, -0.05) is 53.8 Å². The summed E-state index contributed by atoms with van der Waals surface area (Å²) in [7, 11) is -1.52. The maximum atomic E-state index is 11.4. The molecule has 0 bridgehead atoms. The van der Waals surface area contributed by atoms with Gasteiger partial charge in [-0.05, 0) is 11.0 Å². The highest BCUT2D eigenvalue weighted by Gasteiger charge is 2.47. The van der Waals surface area contributed by atoms with Gasteiger partial charge >= 0.3 is 5.97 Å². The molecule has 3 heteroatoms. The van der Waals surface area contributed by atoms with Crippen LogP contribution in [0.1, 0.15) is 34.6 Å². The van der Waals surface area contributed by atoms with E-state index in [4.69, 9.17) is 4.74 Å². The third-order valence-corrected chi connectivity index (χ3v) is 10.5. The number of carbonyl (C=O) groups excluding carboxylic acids is 1. The van der Waals surface area contributed by atoms with Crippen molar-refractivity contribution < 1.29 is 9.53 Å². The first-order chi connectivity index (χ1) is 7.57. The van der Waals surface area contributed by atoms with Crippen molar-refractivity contribution in [3.63, 3.8) is 0 Å². The zero-order chi connectivity index (χ0) is 13.4. The molecule has 0 radical (unpaired) electrons. The normalized spacial score (nSPS) is 26.2. The molecule has 0 saturated carbocycles. The predicted octanol–water partition coefficient (Wildman–Crippen LogP) is 4.00. The summed E-state index contributed by atoms with van der Waals surface area (Å²) in [5.74, 6) is 0.196. The van der Waals surface area contributed by atoms with Gasteiger partial charge in [0.25, 0.3) is 0 Å². The molecule has 0 unspecified atom stereocenters. The van der Waals surface area contributed by atoms with E-state index in [1.54, 1.807) is 6.08 Å². The molecule has 1 rings (SSSR count). The zero-order valence-corrected chi connectivity index (χ0v) is 13.2. The monoisotopic (exact) mass is 254 g/mol. The van der Waals surface area contributed by atoms with E-state index >= 15 is 0 Å². The number of rotatable bonds is 2. The van der Waals surface area contributed by atoms with E-state index < -0.39 is 8.07 Å². The standard InChI is InChI=1S/C14H26O2Si/c1-10(2)13-11(8-9-12(15)16-13)17(6,7)14(3,4)5/h8-11,13H,1-7H3/t11-,13+/m0/s1. The van der Waals surface area contributed by atoms with E-state index in [0.29, 0.717) is 16.5 Å². The maximum Gasteiger partial charge on any atom is 0.330 e. The number of hydrogen-bond donors (Lipinski definition) is 0. The molecule has 2 nitrogen and oxygen atoms in total. The Balaban J connectivity index is 3.09. The minimum atomic E-state index is -1.52. The lowest BCUT2D eigenvalue weighted by molar-refractivity contribution is -0.146. The smallest absolute Gasteiger partial charge is 0.330 e. The quantitative estimate of drug-likeness (QED) is 0.550. The second-order valence-electron chi connectivity index (χ2n) is 7.00. The van der Waals surface area contributed by atoms with Crippen molar-refractivity contribution in [3.05, 3.63) is 12.2 Å². The van der Waals surface area contributed by atoms with Gasteiger partial charge in [0.2, 0.25) is 0 Å². The van der Waals surface area contributed by atoms with E-state index in [1.165, 1.54) is 0 Å². The molecule has 1 aliphatic rings. The number of ether oxygens (including phenoxy) is 1. The molecule has 0 aromatic carbocycles. The highest BCUT2D eigenvalue weighted by Crippen LogP contribution is 2.48. The molecule has 0 N–H and O–H groups in total. The average Bonchev–Trinajstić information content (AvgIpc) is 2.15. The highest BCUT2D eigenvalue weighted by molar-refractivity contribution is 6.82. The van der Waals surface area contributed by atoms with Gasteiger partial charge in [-0.15, -0.1) is 0 Å². The van der Waals surface area contributed by atoms with Crippen molar-refractivity contribution in [1.29, 1.82) is 0 Å². The molecule has 0 aromatic heterocycles. The van der Waals surface area contributed by atoms with Crippen LogP contribution in [0.15, 0.2) is 12.2 Å². The first-order valence-electron chi connectivity index (χ1n) is 6.46. The van der Waals surface area contributed by atoms with E-state index in [0.717, 1.165) is 0 Å². The van der Waals surface area contributed by atoms with Gasteiger partial charge in [0.1, 0.15) is 6.10 Å². The summed E-state index contributed by atoms with van der Waals surface area (Å²) in [6, 6.07) is 0. The van der Waals surface area contributed by atoms with Gasteiger partial charge in [0, 0.05) is 11.6 Å². The Morgan fingerprint density at radius 1 is 1.29 bits per heavy atom. The molecule has 2 atom stereocenters. The molecule has 0 aromatic rings. The van der Waals surface area contributed by atoms with Crippen LogP contribution >= 0.6 is 0 Å². The van der Waals surface area contributed by atoms with Crippen molar-refractivity contribution in [2.45, 2.75) is 64.4 Å². The summed E-state index contributed by atoms with van der Waals surface area (Å²) in [6.45, 7) is 16.0. The Hall–Kier alpha value is -0.573. The Kier molecular flexibility index (Phi) is 3.92. The largest absolute Gasteiger partial charge is 0.459 e. The van der Waals surface area contributed by atoms with Gasteiger partial charge in [-0.2, -0.15) is 0 Å². The molecule has 0 amide bonds. The zero-order valence-electron chi connectivity index (χ0n) is 12.2. The van der Waals surface area contributed by atoms with Crippen molar-refractivity contribution in [3.8, 4) is 0 Å². The molecular weight excluding hydrogens is 228 g/mol. The van der Waals surface area contributed by atoms with Gasteiger partial charge in [-0.3, -0.25) is 0 Å². The van der Waals surface area contributed by atoms with Gasteiger partial charge < -0.3 is 4.74 Å². The predicted molar refractivity (Wildman–Crippen MR) is 74.8 cm³/mol. The summed E-state index contributed by atoms with van der Waals surface area (Å²) in [4.78, 5) is 11.4. The molecule has 0 saturated heterocycles.